The van der Waals surface area contributed by atoms with Gasteiger partial charge in [0.05, 0.1) is 23.6 Å². The topological polar surface area (TPSA) is 79.0 Å². The Labute approximate surface area is 259 Å². The molecule has 4 atom stereocenters. The van der Waals surface area contributed by atoms with Crippen molar-refractivity contribution in [2.45, 2.75) is 43.7 Å². The number of carbonyl (C=O) groups excluding carboxylic acids is 3. The smallest absolute Gasteiger partial charge is 0.337 e. The lowest BCUT2D eigenvalue weighted by Crippen LogP contribution is -2.58. The van der Waals surface area contributed by atoms with E-state index in [0.29, 0.717) is 40.0 Å². The van der Waals surface area contributed by atoms with Crippen LogP contribution in [0.5, 0.6) is 0 Å². The molecule has 43 heavy (non-hydrogen) atoms. The summed E-state index contributed by atoms with van der Waals surface area (Å²) in [7, 11) is 1.31. The lowest BCUT2D eigenvalue weighted by atomic mass is 9.71. The van der Waals surface area contributed by atoms with E-state index >= 15 is 4.39 Å². The highest BCUT2D eigenvalue weighted by atomic mass is 35.5. The monoisotopic (exact) mass is 623 g/mol. The maximum atomic E-state index is 16.0. The first kappa shape index (κ1) is 29.6. The third-order valence-electron chi connectivity index (χ3n) is 9.53. The van der Waals surface area contributed by atoms with Crippen molar-refractivity contribution in [3.63, 3.8) is 0 Å². The maximum Gasteiger partial charge on any atom is 0.337 e. The van der Waals surface area contributed by atoms with Crippen LogP contribution in [0.3, 0.4) is 0 Å². The second-order valence-electron chi connectivity index (χ2n) is 11.6. The third kappa shape index (κ3) is 4.53. The van der Waals surface area contributed by atoms with Gasteiger partial charge in [-0.25, -0.2) is 9.18 Å². The second-order valence-corrected chi connectivity index (χ2v) is 12.4. The lowest BCUT2D eigenvalue weighted by molar-refractivity contribution is -0.129. The Balaban J connectivity index is 1.52. The molecule has 224 valence electrons. The predicted octanol–water partition coefficient (Wildman–Crippen LogP) is 5.95. The first-order valence-corrected chi connectivity index (χ1v) is 15.1. The van der Waals surface area contributed by atoms with Crippen LogP contribution in [0.4, 0.5) is 10.1 Å². The molecule has 10 heteroatoms. The number of hydrogen-bond donors (Lipinski definition) is 1. The Morgan fingerprint density at radius 2 is 1.93 bits per heavy atom. The fourth-order valence-electron chi connectivity index (χ4n) is 7.24. The fourth-order valence-corrected chi connectivity index (χ4v) is 7.54. The number of fused-ring (bicyclic) bond motifs is 1. The molecular weight excluding hydrogens is 592 g/mol. The number of methoxy groups -OCH3 is 1. The van der Waals surface area contributed by atoms with E-state index in [0.717, 1.165) is 19.3 Å². The van der Waals surface area contributed by atoms with E-state index in [1.807, 2.05) is 0 Å². The van der Waals surface area contributed by atoms with Crippen molar-refractivity contribution < 1.29 is 23.5 Å². The van der Waals surface area contributed by atoms with E-state index in [9.17, 15) is 14.4 Å². The molecule has 4 aliphatic rings. The number of halogens is 3. The number of anilines is 1. The zero-order valence-corrected chi connectivity index (χ0v) is 25.4. The Bertz CT molecular complexity index is 1580. The summed E-state index contributed by atoms with van der Waals surface area (Å²) in [4.78, 5) is 44.6. The van der Waals surface area contributed by atoms with Crippen LogP contribution in [-0.2, 0) is 14.3 Å². The Morgan fingerprint density at radius 1 is 1.21 bits per heavy atom. The summed E-state index contributed by atoms with van der Waals surface area (Å²) in [5, 5.41) is 3.31. The molecule has 1 N–H and O–H groups in total. The molecule has 1 aliphatic carbocycles. The number of allylic oxidation sites excluding steroid dienone is 3. The Morgan fingerprint density at radius 3 is 2.56 bits per heavy atom. The molecule has 3 aliphatic heterocycles. The van der Waals surface area contributed by atoms with E-state index in [2.05, 4.69) is 16.8 Å². The summed E-state index contributed by atoms with van der Waals surface area (Å²) in [6.07, 6.45) is 6.46. The summed E-state index contributed by atoms with van der Waals surface area (Å²) in [6.45, 7) is 7.02. The van der Waals surface area contributed by atoms with Crippen LogP contribution in [0.25, 0.3) is 0 Å². The SMILES string of the molecule is C=C1/C(=C\C(Cl)=C/C)NC(=O)[C@@]12[C@H](c1cccc(Cl)c1F)[C@H]1C(=O)N(c3ccc(C(=O)OC)cc3)C[C@H]1N2CC1CCC1. The van der Waals surface area contributed by atoms with Gasteiger partial charge in [-0.1, -0.05) is 54.4 Å². The van der Waals surface area contributed by atoms with Crippen LogP contribution in [0.2, 0.25) is 5.02 Å². The molecule has 0 radical (unpaired) electrons. The van der Waals surface area contributed by atoms with Gasteiger partial charge in [0.15, 0.2) is 0 Å². The highest BCUT2D eigenvalue weighted by Crippen LogP contribution is 2.59. The Hall–Kier alpha value is -3.46. The highest BCUT2D eigenvalue weighted by molar-refractivity contribution is 6.31. The molecule has 0 bridgehead atoms. The molecule has 4 fully saturated rings. The van der Waals surface area contributed by atoms with Crippen LogP contribution in [0.1, 0.15) is 48.0 Å². The number of nitrogens with zero attached hydrogens (tertiary/aromatic N) is 2. The number of likely N-dealkylation sites (tertiary alicyclic amines) is 1. The van der Waals surface area contributed by atoms with Gasteiger partial charge in [0.1, 0.15) is 11.4 Å². The summed E-state index contributed by atoms with van der Waals surface area (Å²) in [5.41, 5.74) is 0.637. The normalized spacial score (nSPS) is 28.5. The predicted molar refractivity (Wildman–Crippen MR) is 163 cm³/mol. The van der Waals surface area contributed by atoms with Gasteiger partial charge in [0, 0.05) is 41.5 Å². The first-order valence-electron chi connectivity index (χ1n) is 14.4. The highest BCUT2D eigenvalue weighted by Gasteiger charge is 2.71. The van der Waals surface area contributed by atoms with Gasteiger partial charge in [-0.05, 0) is 73.2 Å². The summed E-state index contributed by atoms with van der Waals surface area (Å²) < 4.78 is 20.8. The number of nitrogens with one attached hydrogen (secondary N) is 1. The van der Waals surface area contributed by atoms with E-state index in [1.165, 1.54) is 13.2 Å². The van der Waals surface area contributed by atoms with Gasteiger partial charge in [-0.3, -0.25) is 14.5 Å². The largest absolute Gasteiger partial charge is 0.465 e. The molecule has 1 saturated carbocycles. The third-order valence-corrected chi connectivity index (χ3v) is 10.2. The standard InChI is InChI=1S/C33H32Cl2FN3O4/c1-4-21(34)15-25-18(2)33(32(42)37-25)28(23-9-6-10-24(35)29(23)36)27-26(39(33)16-19-7-5-8-19)17-38(30(27)40)22-13-11-20(12-14-22)31(41)43-3/h4,6,9-15,19,26-28H,2,5,7-8,16-17H2,1,3H3,(H,37,42)/b21-4+,25-15+/t26-,27+,28-,33+/m1/s1. The second kappa shape index (κ2) is 11.2. The van der Waals surface area contributed by atoms with Gasteiger partial charge in [0.25, 0.3) is 0 Å². The fraction of sp³-hybridized carbons (Fsp3) is 0.364. The average molecular weight is 625 g/mol. The number of esters is 1. The summed E-state index contributed by atoms with van der Waals surface area (Å²) in [6, 6.07) is 10.9. The van der Waals surface area contributed by atoms with Gasteiger partial charge >= 0.3 is 5.97 Å². The van der Waals surface area contributed by atoms with Gasteiger partial charge in [0.2, 0.25) is 11.8 Å². The molecule has 2 aromatic rings. The zero-order valence-electron chi connectivity index (χ0n) is 23.9. The molecule has 7 nitrogen and oxygen atoms in total. The molecule has 3 heterocycles. The minimum absolute atomic E-state index is 0.0842. The average Bonchev–Trinajstić information content (AvgIpc) is 3.55. The summed E-state index contributed by atoms with van der Waals surface area (Å²) >= 11 is 12.7. The number of hydrogen-bond acceptors (Lipinski definition) is 5. The van der Waals surface area contributed by atoms with E-state index in [-0.39, 0.29) is 28.9 Å². The van der Waals surface area contributed by atoms with Crippen LogP contribution in [0.15, 0.2) is 77.5 Å². The van der Waals surface area contributed by atoms with Gasteiger partial charge < -0.3 is 15.0 Å². The Kier molecular flexibility index (Phi) is 7.73. The van der Waals surface area contributed by atoms with Gasteiger partial charge in [-0.2, -0.15) is 0 Å². The van der Waals surface area contributed by atoms with Crippen LogP contribution in [-0.4, -0.2) is 54.5 Å². The van der Waals surface area contributed by atoms with E-state index in [4.69, 9.17) is 27.9 Å². The number of rotatable bonds is 6. The minimum Gasteiger partial charge on any atom is -0.465 e. The quantitative estimate of drug-likeness (QED) is 0.403. The number of benzene rings is 2. The lowest BCUT2D eigenvalue weighted by Gasteiger charge is -2.43. The van der Waals surface area contributed by atoms with Crippen molar-refractivity contribution >= 4 is 46.7 Å². The first-order chi connectivity index (χ1) is 20.6. The summed E-state index contributed by atoms with van der Waals surface area (Å²) in [5.74, 6) is -3.08. The van der Waals surface area contributed by atoms with Crippen LogP contribution >= 0.6 is 23.2 Å². The molecular formula is C33H32Cl2FN3O4. The zero-order chi connectivity index (χ0) is 30.6. The number of amides is 2. The van der Waals surface area contributed by atoms with Crippen molar-refractivity contribution in [2.24, 2.45) is 11.8 Å². The van der Waals surface area contributed by atoms with E-state index in [1.54, 1.807) is 60.4 Å². The van der Waals surface area contributed by atoms with Crippen molar-refractivity contribution in [3.05, 3.63) is 99.5 Å². The molecule has 2 amide bonds. The number of ether oxygens (including phenoxy) is 1. The van der Waals surface area contributed by atoms with Crippen LogP contribution in [0, 0.1) is 17.7 Å². The molecule has 0 aromatic heterocycles. The van der Waals surface area contributed by atoms with E-state index < -0.39 is 35.2 Å². The maximum absolute atomic E-state index is 16.0. The van der Waals surface area contributed by atoms with Crippen molar-refractivity contribution in [2.75, 3.05) is 25.1 Å². The number of carbonyl (C=O) groups is 3. The van der Waals surface area contributed by atoms with Crippen molar-refractivity contribution in [1.82, 2.24) is 10.2 Å². The molecule has 3 saturated heterocycles. The minimum atomic E-state index is -1.43. The molecule has 1 spiro atoms. The molecule has 0 unspecified atom stereocenters. The van der Waals surface area contributed by atoms with Gasteiger partial charge in [-0.15, -0.1) is 0 Å². The molecule has 6 rings (SSSR count). The molecule has 2 aromatic carbocycles. The van der Waals surface area contributed by atoms with Crippen molar-refractivity contribution in [3.8, 4) is 0 Å². The van der Waals surface area contributed by atoms with Crippen LogP contribution < -0.4 is 10.2 Å². The van der Waals surface area contributed by atoms with Crippen molar-refractivity contribution in [1.29, 1.82) is 0 Å².